The Hall–Kier alpha value is -0.960. The minimum Gasteiger partial charge on any atom is -0.308 e. The second-order valence-corrected chi connectivity index (χ2v) is 6.26. The van der Waals surface area contributed by atoms with Gasteiger partial charge in [-0.25, -0.2) is 9.97 Å². The zero-order valence-corrected chi connectivity index (χ0v) is 10.8. The first-order chi connectivity index (χ1) is 8.90. The summed E-state index contributed by atoms with van der Waals surface area (Å²) >= 11 is 0. The summed E-state index contributed by atoms with van der Waals surface area (Å²) in [5, 5.41) is 3.54. The van der Waals surface area contributed by atoms with Crippen molar-refractivity contribution in [2.75, 3.05) is 0 Å². The van der Waals surface area contributed by atoms with Gasteiger partial charge >= 0.3 is 0 Å². The molecule has 1 aromatic heterocycles. The summed E-state index contributed by atoms with van der Waals surface area (Å²) in [6, 6.07) is 2.82. The second kappa shape index (κ2) is 4.30. The maximum Gasteiger partial charge on any atom is 0.132 e. The molecule has 1 heterocycles. The van der Waals surface area contributed by atoms with Crippen LogP contribution in [-0.4, -0.2) is 16.0 Å². The first-order valence-electron chi connectivity index (χ1n) is 7.45. The van der Waals surface area contributed by atoms with E-state index in [0.717, 1.165) is 30.2 Å². The van der Waals surface area contributed by atoms with Crippen molar-refractivity contribution < 1.29 is 0 Å². The molecule has 0 radical (unpaired) electrons. The van der Waals surface area contributed by atoms with E-state index in [-0.39, 0.29) is 0 Å². The van der Waals surface area contributed by atoms with Gasteiger partial charge in [-0.05, 0) is 56.4 Å². The Labute approximate surface area is 108 Å². The van der Waals surface area contributed by atoms with Crippen molar-refractivity contribution in [2.45, 2.75) is 57.0 Å². The Morgan fingerprint density at radius 2 is 1.83 bits per heavy atom. The molecular weight excluding hydrogens is 222 g/mol. The molecule has 0 atom stereocenters. The highest BCUT2D eigenvalue weighted by molar-refractivity contribution is 5.12. The van der Waals surface area contributed by atoms with Crippen LogP contribution in [0.4, 0.5) is 0 Å². The van der Waals surface area contributed by atoms with Crippen LogP contribution in [0.3, 0.4) is 0 Å². The topological polar surface area (TPSA) is 37.8 Å². The lowest BCUT2D eigenvalue weighted by atomic mass is 9.97. The molecule has 0 saturated heterocycles. The molecule has 0 amide bonds. The highest BCUT2D eigenvalue weighted by Gasteiger charge is 2.43. The number of rotatable bonds is 6. The average molecular weight is 243 g/mol. The van der Waals surface area contributed by atoms with Gasteiger partial charge in [-0.2, -0.15) is 0 Å². The van der Waals surface area contributed by atoms with Crippen LogP contribution in [0.5, 0.6) is 0 Å². The van der Waals surface area contributed by atoms with Gasteiger partial charge in [0.15, 0.2) is 0 Å². The smallest absolute Gasteiger partial charge is 0.132 e. The van der Waals surface area contributed by atoms with Gasteiger partial charge in [0.2, 0.25) is 0 Å². The summed E-state index contributed by atoms with van der Waals surface area (Å²) in [5.41, 5.74) is 1.18. The van der Waals surface area contributed by atoms with Crippen LogP contribution < -0.4 is 5.32 Å². The summed E-state index contributed by atoms with van der Waals surface area (Å²) in [7, 11) is 0. The minimum atomic E-state index is 0.672. The lowest BCUT2D eigenvalue weighted by Gasteiger charge is -2.14. The fraction of sp³-hybridized carbons (Fsp3) is 0.733. The Morgan fingerprint density at radius 3 is 2.44 bits per heavy atom. The molecule has 3 aliphatic rings. The number of hydrogen-bond acceptors (Lipinski definition) is 3. The standard InChI is InChI=1S/C15H21N3/c1-2-10(1)14(11-3-4-11)15-16-8-7-13(18-15)9-17-12-5-6-12/h7-8,10-12,14,17H,1-6,9H2. The number of nitrogens with one attached hydrogen (secondary N) is 1. The monoisotopic (exact) mass is 243 g/mol. The third-order valence-electron chi connectivity index (χ3n) is 4.44. The van der Waals surface area contributed by atoms with E-state index in [4.69, 9.17) is 4.98 Å². The molecule has 4 rings (SSSR count). The quantitative estimate of drug-likeness (QED) is 0.834. The number of nitrogens with zero attached hydrogens (tertiary/aromatic N) is 2. The maximum atomic E-state index is 4.82. The summed E-state index contributed by atoms with van der Waals surface area (Å²) in [5.74, 6) is 3.59. The molecule has 0 aromatic carbocycles. The fourth-order valence-electron chi connectivity index (χ4n) is 2.93. The predicted molar refractivity (Wildman–Crippen MR) is 70.1 cm³/mol. The molecule has 3 fully saturated rings. The Kier molecular flexibility index (Phi) is 2.61. The Bertz CT molecular complexity index is 421. The van der Waals surface area contributed by atoms with E-state index >= 15 is 0 Å². The second-order valence-electron chi connectivity index (χ2n) is 6.26. The molecule has 18 heavy (non-hydrogen) atoms. The van der Waals surface area contributed by atoms with Crippen molar-refractivity contribution in [3.63, 3.8) is 0 Å². The van der Waals surface area contributed by atoms with Gasteiger partial charge in [0.1, 0.15) is 5.82 Å². The summed E-state index contributed by atoms with van der Waals surface area (Å²) in [6.45, 7) is 0.919. The predicted octanol–water partition coefficient (Wildman–Crippen LogP) is 2.63. The molecule has 3 aliphatic carbocycles. The number of hydrogen-bond donors (Lipinski definition) is 1. The lowest BCUT2D eigenvalue weighted by Crippen LogP contribution is -2.18. The van der Waals surface area contributed by atoms with Crippen molar-refractivity contribution in [2.24, 2.45) is 11.8 Å². The van der Waals surface area contributed by atoms with Gasteiger partial charge in [0.25, 0.3) is 0 Å². The van der Waals surface area contributed by atoms with E-state index in [0.29, 0.717) is 5.92 Å². The molecule has 0 unspecified atom stereocenters. The minimum absolute atomic E-state index is 0.672. The SMILES string of the molecule is c1cc(CNC2CC2)nc(C(C2CC2)C2CC2)n1. The molecule has 3 saturated carbocycles. The van der Waals surface area contributed by atoms with Gasteiger partial charge in [0, 0.05) is 24.7 Å². The Balaban J connectivity index is 1.49. The molecule has 3 nitrogen and oxygen atoms in total. The van der Waals surface area contributed by atoms with Crippen LogP contribution in [0, 0.1) is 11.8 Å². The third kappa shape index (κ3) is 2.41. The molecule has 1 aromatic rings. The zero-order valence-electron chi connectivity index (χ0n) is 10.8. The number of aromatic nitrogens is 2. The van der Waals surface area contributed by atoms with Crippen molar-refractivity contribution in [1.82, 2.24) is 15.3 Å². The maximum absolute atomic E-state index is 4.82. The van der Waals surface area contributed by atoms with E-state index in [2.05, 4.69) is 16.4 Å². The van der Waals surface area contributed by atoms with Gasteiger partial charge in [-0.1, -0.05) is 0 Å². The van der Waals surface area contributed by atoms with E-state index < -0.39 is 0 Å². The molecule has 1 N–H and O–H groups in total. The zero-order chi connectivity index (χ0) is 11.9. The average Bonchev–Trinajstić information content (AvgIpc) is 3.27. The van der Waals surface area contributed by atoms with Crippen molar-refractivity contribution >= 4 is 0 Å². The van der Waals surface area contributed by atoms with E-state index in [1.807, 2.05) is 6.20 Å². The van der Waals surface area contributed by atoms with Crippen LogP contribution in [0.25, 0.3) is 0 Å². The summed E-state index contributed by atoms with van der Waals surface area (Å²) in [6.07, 6.45) is 10.2. The largest absolute Gasteiger partial charge is 0.308 e. The van der Waals surface area contributed by atoms with Crippen LogP contribution >= 0.6 is 0 Å². The van der Waals surface area contributed by atoms with Crippen molar-refractivity contribution in [1.29, 1.82) is 0 Å². The third-order valence-corrected chi connectivity index (χ3v) is 4.44. The fourth-order valence-corrected chi connectivity index (χ4v) is 2.93. The van der Waals surface area contributed by atoms with Gasteiger partial charge < -0.3 is 5.32 Å². The van der Waals surface area contributed by atoms with Crippen LogP contribution in [0.15, 0.2) is 12.3 Å². The van der Waals surface area contributed by atoms with E-state index in [9.17, 15) is 0 Å². The van der Waals surface area contributed by atoms with Crippen molar-refractivity contribution in [3.8, 4) is 0 Å². The summed E-state index contributed by atoms with van der Waals surface area (Å²) in [4.78, 5) is 9.39. The molecule has 3 heteroatoms. The molecule has 0 spiro atoms. The summed E-state index contributed by atoms with van der Waals surface area (Å²) < 4.78 is 0. The van der Waals surface area contributed by atoms with E-state index in [1.54, 1.807) is 0 Å². The molecule has 96 valence electrons. The molecule has 0 bridgehead atoms. The van der Waals surface area contributed by atoms with Gasteiger partial charge in [-0.15, -0.1) is 0 Å². The highest BCUT2D eigenvalue weighted by Crippen LogP contribution is 2.53. The van der Waals surface area contributed by atoms with Crippen LogP contribution in [0.2, 0.25) is 0 Å². The highest BCUT2D eigenvalue weighted by atomic mass is 15.0. The first kappa shape index (κ1) is 10.9. The van der Waals surface area contributed by atoms with Crippen LogP contribution in [-0.2, 0) is 6.54 Å². The first-order valence-corrected chi connectivity index (χ1v) is 7.45. The lowest BCUT2D eigenvalue weighted by molar-refractivity contribution is 0.504. The molecule has 0 aliphatic heterocycles. The van der Waals surface area contributed by atoms with Crippen molar-refractivity contribution in [3.05, 3.63) is 23.8 Å². The Morgan fingerprint density at radius 1 is 1.11 bits per heavy atom. The van der Waals surface area contributed by atoms with Gasteiger partial charge in [0.05, 0.1) is 5.69 Å². The molecular formula is C15H21N3. The normalized spacial score (nSPS) is 23.6. The van der Waals surface area contributed by atoms with E-state index in [1.165, 1.54) is 44.2 Å². The van der Waals surface area contributed by atoms with Gasteiger partial charge in [-0.3, -0.25) is 0 Å². The van der Waals surface area contributed by atoms with Crippen LogP contribution in [0.1, 0.15) is 56.0 Å².